The molecule has 114 valence electrons. The summed E-state index contributed by atoms with van der Waals surface area (Å²) in [6.07, 6.45) is -4.35. The van der Waals surface area contributed by atoms with Crippen molar-refractivity contribution < 1.29 is 17.9 Å². The summed E-state index contributed by atoms with van der Waals surface area (Å²) < 4.78 is 42.6. The lowest BCUT2D eigenvalue weighted by molar-refractivity contribution is -0.153. The van der Waals surface area contributed by atoms with E-state index in [9.17, 15) is 13.2 Å². The van der Waals surface area contributed by atoms with Crippen molar-refractivity contribution in [3.63, 3.8) is 0 Å². The average Bonchev–Trinajstić information content (AvgIpc) is 2.83. The molecular formula is C14H13BrF3NOS. The number of thiophene rings is 1. The van der Waals surface area contributed by atoms with Crippen LogP contribution in [0.1, 0.15) is 17.8 Å². The molecule has 0 amide bonds. The van der Waals surface area contributed by atoms with Gasteiger partial charge in [0.15, 0.2) is 6.61 Å². The Kier molecular flexibility index (Phi) is 5.16. The molecule has 1 aromatic heterocycles. The number of alkyl halides is 3. The lowest BCUT2D eigenvalue weighted by atomic mass is 10.2. The van der Waals surface area contributed by atoms with E-state index in [1.807, 2.05) is 18.4 Å². The molecule has 1 atom stereocenters. The highest BCUT2D eigenvalue weighted by molar-refractivity contribution is 9.10. The van der Waals surface area contributed by atoms with Gasteiger partial charge in [0.05, 0.1) is 11.7 Å². The maximum Gasteiger partial charge on any atom is 0.422 e. The molecule has 0 aliphatic heterocycles. The van der Waals surface area contributed by atoms with Crippen molar-refractivity contribution in [2.45, 2.75) is 19.1 Å². The average molecular weight is 380 g/mol. The van der Waals surface area contributed by atoms with Gasteiger partial charge in [-0.25, -0.2) is 0 Å². The summed E-state index contributed by atoms with van der Waals surface area (Å²) in [7, 11) is 0. The van der Waals surface area contributed by atoms with Gasteiger partial charge in [-0.15, -0.1) is 11.3 Å². The molecule has 2 nitrogen and oxygen atoms in total. The molecule has 0 fully saturated rings. The Labute approximate surface area is 133 Å². The van der Waals surface area contributed by atoms with Crippen molar-refractivity contribution in [2.24, 2.45) is 0 Å². The second-order valence-corrected chi connectivity index (χ2v) is 6.29. The number of halogens is 4. The van der Waals surface area contributed by atoms with Gasteiger partial charge in [-0.05, 0) is 41.1 Å². The van der Waals surface area contributed by atoms with E-state index < -0.39 is 12.8 Å². The molecule has 0 radical (unpaired) electrons. The van der Waals surface area contributed by atoms with Crippen LogP contribution in [0.4, 0.5) is 18.9 Å². The number of nitrogens with one attached hydrogen (secondary N) is 1. The zero-order valence-electron chi connectivity index (χ0n) is 11.1. The number of hydrogen-bond donors (Lipinski definition) is 1. The van der Waals surface area contributed by atoms with Crippen LogP contribution in [-0.4, -0.2) is 12.8 Å². The molecule has 0 saturated carbocycles. The molecule has 0 spiro atoms. The SMILES string of the molecule is CC(Nc1ccccc1OCC(F)(F)F)c1cc(Br)cs1. The molecule has 0 saturated heterocycles. The third kappa shape index (κ3) is 4.93. The molecule has 2 aromatic rings. The maximum absolute atomic E-state index is 12.3. The van der Waals surface area contributed by atoms with Crippen LogP contribution in [0.25, 0.3) is 0 Å². The molecule has 0 aliphatic rings. The van der Waals surface area contributed by atoms with Crippen molar-refractivity contribution in [1.82, 2.24) is 0 Å². The highest BCUT2D eigenvalue weighted by Crippen LogP contribution is 2.32. The first-order valence-electron chi connectivity index (χ1n) is 6.14. The Morgan fingerprint density at radius 1 is 1.33 bits per heavy atom. The topological polar surface area (TPSA) is 21.3 Å². The highest BCUT2D eigenvalue weighted by atomic mass is 79.9. The third-order valence-corrected chi connectivity index (χ3v) is 4.54. The van der Waals surface area contributed by atoms with Crippen LogP contribution < -0.4 is 10.1 Å². The van der Waals surface area contributed by atoms with Crippen molar-refractivity contribution in [3.8, 4) is 5.75 Å². The number of rotatable bonds is 5. The van der Waals surface area contributed by atoms with Gasteiger partial charge in [0, 0.05) is 14.7 Å². The van der Waals surface area contributed by atoms with Gasteiger partial charge in [0.25, 0.3) is 0 Å². The van der Waals surface area contributed by atoms with E-state index in [0.29, 0.717) is 5.69 Å². The van der Waals surface area contributed by atoms with E-state index in [-0.39, 0.29) is 11.8 Å². The van der Waals surface area contributed by atoms with Crippen molar-refractivity contribution >= 4 is 33.0 Å². The quantitative estimate of drug-likeness (QED) is 0.727. The van der Waals surface area contributed by atoms with Gasteiger partial charge < -0.3 is 10.1 Å². The van der Waals surface area contributed by atoms with Crippen LogP contribution in [-0.2, 0) is 0 Å². The van der Waals surface area contributed by atoms with Gasteiger partial charge in [-0.2, -0.15) is 13.2 Å². The number of ether oxygens (including phenoxy) is 1. The number of para-hydroxylation sites is 2. The number of hydrogen-bond acceptors (Lipinski definition) is 3. The van der Waals surface area contributed by atoms with Gasteiger partial charge in [0.1, 0.15) is 5.75 Å². The predicted octanol–water partition coefficient (Wildman–Crippen LogP) is 5.62. The molecule has 21 heavy (non-hydrogen) atoms. The molecular weight excluding hydrogens is 367 g/mol. The van der Waals surface area contributed by atoms with Crippen LogP contribution in [0.15, 0.2) is 40.2 Å². The Hall–Kier alpha value is -1.21. The number of anilines is 1. The van der Waals surface area contributed by atoms with Crippen LogP contribution >= 0.6 is 27.3 Å². The highest BCUT2D eigenvalue weighted by Gasteiger charge is 2.28. The fourth-order valence-corrected chi connectivity index (χ4v) is 3.18. The van der Waals surface area contributed by atoms with E-state index in [1.165, 1.54) is 6.07 Å². The first-order valence-corrected chi connectivity index (χ1v) is 7.81. The lowest BCUT2D eigenvalue weighted by Crippen LogP contribution is -2.20. The first kappa shape index (κ1) is 16.2. The Bertz CT molecular complexity index is 600. The minimum atomic E-state index is -4.35. The summed E-state index contributed by atoms with van der Waals surface area (Å²) in [5, 5.41) is 5.13. The zero-order valence-corrected chi connectivity index (χ0v) is 13.5. The Morgan fingerprint density at radius 3 is 2.67 bits per heavy atom. The monoisotopic (exact) mass is 379 g/mol. The van der Waals surface area contributed by atoms with Crippen LogP contribution in [0.3, 0.4) is 0 Å². The summed E-state index contributed by atoms with van der Waals surface area (Å²) in [4.78, 5) is 1.08. The smallest absolute Gasteiger partial charge is 0.422 e. The van der Waals surface area contributed by atoms with Crippen LogP contribution in [0, 0.1) is 0 Å². The lowest BCUT2D eigenvalue weighted by Gasteiger charge is -2.18. The van der Waals surface area contributed by atoms with Crippen LogP contribution in [0.5, 0.6) is 5.75 Å². The van der Waals surface area contributed by atoms with E-state index in [4.69, 9.17) is 4.74 Å². The Morgan fingerprint density at radius 2 is 2.05 bits per heavy atom. The van der Waals surface area contributed by atoms with E-state index in [0.717, 1.165) is 9.35 Å². The zero-order chi connectivity index (χ0) is 15.5. The second kappa shape index (κ2) is 6.70. The first-order chi connectivity index (χ1) is 9.85. The van der Waals surface area contributed by atoms with Gasteiger partial charge in [-0.3, -0.25) is 0 Å². The molecule has 7 heteroatoms. The van der Waals surface area contributed by atoms with E-state index in [2.05, 4.69) is 21.2 Å². The fourth-order valence-electron chi connectivity index (χ4n) is 1.73. The second-order valence-electron chi connectivity index (χ2n) is 4.43. The van der Waals surface area contributed by atoms with Crippen LogP contribution in [0.2, 0.25) is 0 Å². The fraction of sp³-hybridized carbons (Fsp3) is 0.286. The molecule has 0 aliphatic carbocycles. The third-order valence-electron chi connectivity index (χ3n) is 2.66. The summed E-state index contributed by atoms with van der Waals surface area (Å²) in [5.41, 5.74) is 0.541. The largest absolute Gasteiger partial charge is 0.482 e. The maximum atomic E-state index is 12.3. The van der Waals surface area contributed by atoms with Gasteiger partial charge in [-0.1, -0.05) is 12.1 Å². The molecule has 1 N–H and O–H groups in total. The standard InChI is InChI=1S/C14H13BrF3NOS/c1-9(13-6-10(15)7-21-13)19-11-4-2-3-5-12(11)20-8-14(16,17)18/h2-7,9,19H,8H2,1H3. The molecule has 1 aromatic carbocycles. The number of benzene rings is 1. The van der Waals surface area contributed by atoms with Crippen molar-refractivity contribution in [2.75, 3.05) is 11.9 Å². The Balaban J connectivity index is 2.09. The summed E-state index contributed by atoms with van der Waals surface area (Å²) in [6.45, 7) is 0.642. The van der Waals surface area contributed by atoms with E-state index >= 15 is 0 Å². The molecule has 1 heterocycles. The van der Waals surface area contributed by atoms with Crippen molar-refractivity contribution in [1.29, 1.82) is 0 Å². The van der Waals surface area contributed by atoms with E-state index in [1.54, 1.807) is 29.5 Å². The summed E-state index contributed by atoms with van der Waals surface area (Å²) in [5.74, 6) is 0.192. The summed E-state index contributed by atoms with van der Waals surface area (Å²) >= 11 is 4.95. The summed E-state index contributed by atoms with van der Waals surface area (Å²) in [6, 6.07) is 8.55. The normalized spacial score (nSPS) is 13.0. The minimum Gasteiger partial charge on any atom is -0.482 e. The molecule has 0 bridgehead atoms. The van der Waals surface area contributed by atoms with Crippen molar-refractivity contribution in [3.05, 3.63) is 45.1 Å². The van der Waals surface area contributed by atoms with Gasteiger partial charge >= 0.3 is 6.18 Å². The molecule has 1 unspecified atom stereocenters. The minimum absolute atomic E-state index is 0.0306. The molecule has 2 rings (SSSR count). The van der Waals surface area contributed by atoms with Gasteiger partial charge in [0.2, 0.25) is 0 Å². The predicted molar refractivity (Wildman–Crippen MR) is 82.0 cm³/mol.